The molecule has 19 heavy (non-hydrogen) atoms. The summed E-state index contributed by atoms with van der Waals surface area (Å²) >= 11 is 0. The van der Waals surface area contributed by atoms with Crippen LogP contribution in [0.1, 0.15) is 59.3 Å². The molecule has 2 fully saturated rings. The highest BCUT2D eigenvalue weighted by atomic mass is 15.2. The van der Waals surface area contributed by atoms with Crippen LogP contribution in [0.2, 0.25) is 0 Å². The Hall–Kier alpha value is -0.590. The van der Waals surface area contributed by atoms with Gasteiger partial charge in [0.05, 0.1) is 6.07 Å². The SMILES string of the molecule is CCCNC1(C#N)CCC(N(CC2CC2)C(C)C)C1. The summed E-state index contributed by atoms with van der Waals surface area (Å²) in [6, 6.07) is 3.77. The number of nitriles is 1. The van der Waals surface area contributed by atoms with Crippen LogP contribution in [0.4, 0.5) is 0 Å². The summed E-state index contributed by atoms with van der Waals surface area (Å²) in [4.78, 5) is 2.66. The molecule has 2 aliphatic rings. The van der Waals surface area contributed by atoms with Gasteiger partial charge in [0.15, 0.2) is 0 Å². The van der Waals surface area contributed by atoms with Gasteiger partial charge in [-0.15, -0.1) is 0 Å². The molecule has 2 aliphatic carbocycles. The Balaban J connectivity index is 1.95. The van der Waals surface area contributed by atoms with Crippen LogP contribution in [0.3, 0.4) is 0 Å². The predicted molar refractivity (Wildman–Crippen MR) is 78.8 cm³/mol. The summed E-state index contributed by atoms with van der Waals surface area (Å²) in [6.07, 6.45) is 7.12. The Labute approximate surface area is 118 Å². The molecule has 2 unspecified atom stereocenters. The first-order chi connectivity index (χ1) is 9.10. The normalized spacial score (nSPS) is 31.1. The molecule has 2 saturated carbocycles. The highest BCUT2D eigenvalue weighted by Gasteiger charge is 2.42. The van der Waals surface area contributed by atoms with Crippen molar-refractivity contribution in [3.05, 3.63) is 0 Å². The molecule has 0 aromatic carbocycles. The number of hydrogen-bond donors (Lipinski definition) is 1. The zero-order chi connectivity index (χ0) is 13.9. The summed E-state index contributed by atoms with van der Waals surface area (Å²) in [5.41, 5.74) is -0.253. The van der Waals surface area contributed by atoms with E-state index in [1.807, 2.05) is 0 Å². The van der Waals surface area contributed by atoms with E-state index in [0.717, 1.165) is 31.7 Å². The average Bonchev–Trinajstić information content (AvgIpc) is 3.13. The summed E-state index contributed by atoms with van der Waals surface area (Å²) < 4.78 is 0. The maximum absolute atomic E-state index is 9.54. The second-order valence-electron chi connectivity index (χ2n) is 6.75. The monoisotopic (exact) mass is 263 g/mol. The van der Waals surface area contributed by atoms with Crippen LogP contribution < -0.4 is 5.32 Å². The lowest BCUT2D eigenvalue weighted by Gasteiger charge is -2.33. The fourth-order valence-electron chi connectivity index (χ4n) is 3.35. The first kappa shape index (κ1) is 14.8. The Bertz CT molecular complexity index is 329. The van der Waals surface area contributed by atoms with Crippen molar-refractivity contribution in [2.45, 2.75) is 76.9 Å². The van der Waals surface area contributed by atoms with Crippen LogP contribution in [-0.4, -0.2) is 35.6 Å². The smallest absolute Gasteiger partial charge is 0.108 e. The van der Waals surface area contributed by atoms with E-state index in [9.17, 15) is 5.26 Å². The number of rotatable bonds is 7. The first-order valence-electron chi connectivity index (χ1n) is 8.02. The van der Waals surface area contributed by atoms with Crippen LogP contribution in [-0.2, 0) is 0 Å². The summed E-state index contributed by atoms with van der Waals surface area (Å²) in [5.74, 6) is 0.933. The van der Waals surface area contributed by atoms with Crippen molar-refractivity contribution in [2.75, 3.05) is 13.1 Å². The van der Waals surface area contributed by atoms with Gasteiger partial charge in [0.2, 0.25) is 0 Å². The van der Waals surface area contributed by atoms with Gasteiger partial charge in [-0.05, 0) is 64.8 Å². The first-order valence-corrected chi connectivity index (χ1v) is 8.02. The van der Waals surface area contributed by atoms with E-state index in [-0.39, 0.29) is 5.54 Å². The van der Waals surface area contributed by atoms with Gasteiger partial charge in [-0.3, -0.25) is 10.2 Å². The molecule has 1 N–H and O–H groups in total. The fraction of sp³-hybridized carbons (Fsp3) is 0.938. The van der Waals surface area contributed by atoms with E-state index >= 15 is 0 Å². The molecule has 0 heterocycles. The van der Waals surface area contributed by atoms with Gasteiger partial charge in [-0.2, -0.15) is 5.26 Å². The molecule has 2 atom stereocenters. The summed E-state index contributed by atoms with van der Waals surface area (Å²) in [6.45, 7) is 8.97. The molecule has 0 spiro atoms. The summed E-state index contributed by atoms with van der Waals surface area (Å²) in [5, 5.41) is 13.0. The molecule has 108 valence electrons. The third-order valence-electron chi connectivity index (χ3n) is 4.71. The second kappa shape index (κ2) is 6.24. The molecule has 0 bridgehead atoms. The zero-order valence-electron chi connectivity index (χ0n) is 12.8. The largest absolute Gasteiger partial charge is 0.299 e. The van der Waals surface area contributed by atoms with Gasteiger partial charge in [0, 0.05) is 18.6 Å². The van der Waals surface area contributed by atoms with Crippen LogP contribution in [0.25, 0.3) is 0 Å². The van der Waals surface area contributed by atoms with Crippen molar-refractivity contribution in [2.24, 2.45) is 5.92 Å². The minimum absolute atomic E-state index is 0.253. The lowest BCUT2D eigenvalue weighted by Crippen LogP contribution is -2.46. The van der Waals surface area contributed by atoms with E-state index in [1.165, 1.54) is 25.8 Å². The highest BCUT2D eigenvalue weighted by molar-refractivity contribution is 5.13. The lowest BCUT2D eigenvalue weighted by molar-refractivity contribution is 0.143. The van der Waals surface area contributed by atoms with Crippen LogP contribution in [0.5, 0.6) is 0 Å². The van der Waals surface area contributed by atoms with Crippen molar-refractivity contribution in [1.82, 2.24) is 10.2 Å². The Morgan fingerprint density at radius 1 is 1.37 bits per heavy atom. The number of hydrogen-bond acceptors (Lipinski definition) is 3. The average molecular weight is 263 g/mol. The van der Waals surface area contributed by atoms with Crippen molar-refractivity contribution in [3.8, 4) is 6.07 Å². The Morgan fingerprint density at radius 2 is 2.11 bits per heavy atom. The maximum atomic E-state index is 9.54. The fourth-order valence-corrected chi connectivity index (χ4v) is 3.35. The second-order valence-corrected chi connectivity index (χ2v) is 6.75. The van der Waals surface area contributed by atoms with Crippen LogP contribution >= 0.6 is 0 Å². The Kier molecular flexibility index (Phi) is 4.86. The molecular weight excluding hydrogens is 234 g/mol. The molecule has 0 aliphatic heterocycles. The molecule has 3 nitrogen and oxygen atoms in total. The number of nitrogens with one attached hydrogen (secondary N) is 1. The zero-order valence-corrected chi connectivity index (χ0v) is 12.8. The minimum Gasteiger partial charge on any atom is -0.299 e. The summed E-state index contributed by atoms with van der Waals surface area (Å²) in [7, 11) is 0. The third-order valence-corrected chi connectivity index (χ3v) is 4.71. The quantitative estimate of drug-likeness (QED) is 0.767. The van der Waals surface area contributed by atoms with E-state index in [4.69, 9.17) is 0 Å². The van der Waals surface area contributed by atoms with Gasteiger partial charge in [-0.1, -0.05) is 6.92 Å². The van der Waals surface area contributed by atoms with Crippen molar-refractivity contribution in [3.63, 3.8) is 0 Å². The molecule has 3 heteroatoms. The standard InChI is InChI=1S/C16H29N3/c1-4-9-18-16(12-17)8-7-15(10-16)19(13(2)3)11-14-5-6-14/h13-15,18H,4-11H2,1-3H3. The molecule has 0 radical (unpaired) electrons. The van der Waals surface area contributed by atoms with E-state index < -0.39 is 0 Å². The van der Waals surface area contributed by atoms with E-state index in [2.05, 4.69) is 37.1 Å². The van der Waals surface area contributed by atoms with Crippen molar-refractivity contribution < 1.29 is 0 Å². The van der Waals surface area contributed by atoms with Crippen LogP contribution in [0, 0.1) is 17.2 Å². The molecule has 2 rings (SSSR count). The van der Waals surface area contributed by atoms with Crippen LogP contribution in [0.15, 0.2) is 0 Å². The van der Waals surface area contributed by atoms with Gasteiger partial charge < -0.3 is 0 Å². The van der Waals surface area contributed by atoms with Crippen molar-refractivity contribution >= 4 is 0 Å². The molecular formula is C16H29N3. The molecule has 0 aromatic rings. The van der Waals surface area contributed by atoms with Gasteiger partial charge in [0.25, 0.3) is 0 Å². The van der Waals surface area contributed by atoms with E-state index in [0.29, 0.717) is 12.1 Å². The number of nitrogens with zero attached hydrogens (tertiary/aromatic N) is 2. The third kappa shape index (κ3) is 3.70. The van der Waals surface area contributed by atoms with Crippen molar-refractivity contribution in [1.29, 1.82) is 5.26 Å². The highest BCUT2D eigenvalue weighted by Crippen LogP contribution is 2.37. The van der Waals surface area contributed by atoms with Gasteiger partial charge in [-0.25, -0.2) is 0 Å². The van der Waals surface area contributed by atoms with Gasteiger partial charge in [0.1, 0.15) is 5.54 Å². The predicted octanol–water partition coefficient (Wildman–Crippen LogP) is 2.92. The van der Waals surface area contributed by atoms with Gasteiger partial charge >= 0.3 is 0 Å². The molecule has 0 amide bonds. The van der Waals surface area contributed by atoms with E-state index in [1.54, 1.807) is 0 Å². The minimum atomic E-state index is -0.253. The lowest BCUT2D eigenvalue weighted by atomic mass is 9.98. The molecule has 0 aromatic heterocycles. The Morgan fingerprint density at radius 3 is 2.63 bits per heavy atom. The maximum Gasteiger partial charge on any atom is 0.108 e. The molecule has 0 saturated heterocycles. The topological polar surface area (TPSA) is 39.1 Å².